The van der Waals surface area contributed by atoms with Crippen molar-refractivity contribution in [2.45, 2.75) is 6.04 Å². The van der Waals surface area contributed by atoms with E-state index in [1.165, 1.54) is 61.6 Å². The molecule has 10 heteroatoms. The first-order chi connectivity index (χ1) is 16.8. The predicted octanol–water partition coefficient (Wildman–Crippen LogP) is 3.94. The third-order valence-corrected chi connectivity index (χ3v) is 5.67. The number of aromatic hydroxyl groups is 1. The maximum atomic E-state index is 13.2. The largest absolute Gasteiger partial charge is 0.507 e. The molecular weight excluding hydrogens is 456 g/mol. The summed E-state index contributed by atoms with van der Waals surface area (Å²) in [5.74, 6) is -1.80. The van der Waals surface area contributed by atoms with E-state index in [2.05, 4.69) is 0 Å². The zero-order chi connectivity index (χ0) is 25.3. The number of ether oxygens (including phenoxy) is 2. The van der Waals surface area contributed by atoms with E-state index >= 15 is 0 Å². The molecule has 0 spiro atoms. The first kappa shape index (κ1) is 23.3. The molecular formula is C25H20N2O8. The van der Waals surface area contributed by atoms with Crippen LogP contribution >= 0.6 is 0 Å². The number of methoxy groups -OCH3 is 2. The smallest absolute Gasteiger partial charge is 0.300 e. The maximum absolute atomic E-state index is 13.2. The lowest BCUT2D eigenvalue weighted by Crippen LogP contribution is -2.29. The third-order valence-electron chi connectivity index (χ3n) is 5.67. The van der Waals surface area contributed by atoms with Crippen molar-refractivity contribution in [2.75, 3.05) is 19.1 Å². The molecule has 0 aromatic heterocycles. The Morgan fingerprint density at radius 3 is 2.20 bits per heavy atom. The lowest BCUT2D eigenvalue weighted by atomic mass is 9.94. The highest BCUT2D eigenvalue weighted by Gasteiger charge is 2.47. The van der Waals surface area contributed by atoms with Crippen LogP contribution in [0.3, 0.4) is 0 Å². The van der Waals surface area contributed by atoms with E-state index in [-0.39, 0.29) is 28.3 Å². The molecule has 178 valence electrons. The number of phenols is 1. The topological polar surface area (TPSA) is 139 Å². The first-order valence-electron chi connectivity index (χ1n) is 10.3. The molecule has 35 heavy (non-hydrogen) atoms. The van der Waals surface area contributed by atoms with Gasteiger partial charge in [0.1, 0.15) is 11.5 Å². The Balaban J connectivity index is 1.92. The van der Waals surface area contributed by atoms with E-state index in [1.807, 2.05) is 0 Å². The highest BCUT2D eigenvalue weighted by molar-refractivity contribution is 6.51. The van der Waals surface area contributed by atoms with Gasteiger partial charge < -0.3 is 19.7 Å². The Morgan fingerprint density at radius 2 is 1.63 bits per heavy atom. The fraction of sp³-hybridized carbons (Fsp3) is 0.120. The van der Waals surface area contributed by atoms with Crippen LogP contribution in [0, 0.1) is 10.1 Å². The van der Waals surface area contributed by atoms with Gasteiger partial charge in [-0.25, -0.2) is 0 Å². The number of carbonyl (C=O) groups excluding carboxylic acids is 2. The van der Waals surface area contributed by atoms with E-state index in [4.69, 9.17) is 9.47 Å². The highest BCUT2D eigenvalue weighted by Crippen LogP contribution is 2.44. The number of anilines is 1. The highest BCUT2D eigenvalue weighted by atomic mass is 16.6. The van der Waals surface area contributed by atoms with Gasteiger partial charge in [-0.3, -0.25) is 24.6 Å². The second-order valence-electron chi connectivity index (χ2n) is 7.60. The molecule has 1 heterocycles. The Kier molecular flexibility index (Phi) is 6.11. The van der Waals surface area contributed by atoms with Crippen molar-refractivity contribution in [1.82, 2.24) is 0 Å². The van der Waals surface area contributed by atoms with Crippen molar-refractivity contribution < 1.29 is 34.2 Å². The number of benzene rings is 3. The van der Waals surface area contributed by atoms with E-state index in [0.29, 0.717) is 17.0 Å². The summed E-state index contributed by atoms with van der Waals surface area (Å²) in [7, 11) is 2.85. The minimum Gasteiger partial charge on any atom is -0.507 e. The molecule has 1 saturated heterocycles. The standard InChI is InChI=1S/C25H20N2O8/c1-34-18-10-8-16(9-11-18)26-22(15-5-12-19(28)20(13-15)35-2)21(24(30)25(26)31)23(29)14-3-6-17(7-4-14)27(32)33/h3-13,22,28-29H,1-2H3. The number of non-ortho nitro benzene ring substituents is 1. The van der Waals surface area contributed by atoms with Crippen LogP contribution in [0.2, 0.25) is 0 Å². The maximum Gasteiger partial charge on any atom is 0.300 e. The molecule has 1 aliphatic heterocycles. The Morgan fingerprint density at radius 1 is 0.971 bits per heavy atom. The van der Waals surface area contributed by atoms with Crippen LogP contribution in [-0.2, 0) is 9.59 Å². The molecule has 10 nitrogen and oxygen atoms in total. The number of Topliss-reactive ketones (excluding diaryl/α,β-unsaturated/α-hetero) is 1. The van der Waals surface area contributed by atoms with Crippen LogP contribution in [0.25, 0.3) is 5.76 Å². The SMILES string of the molecule is COc1ccc(N2C(=O)C(=O)C(=C(O)c3ccc([N+](=O)[O-])cc3)C2c2ccc(O)c(OC)c2)cc1. The summed E-state index contributed by atoms with van der Waals surface area (Å²) in [6, 6.07) is 14.7. The average Bonchev–Trinajstić information content (AvgIpc) is 3.14. The Labute approximate surface area is 199 Å². The number of aliphatic hydroxyl groups is 1. The molecule has 0 saturated carbocycles. The van der Waals surface area contributed by atoms with Gasteiger partial charge in [0.2, 0.25) is 0 Å². The van der Waals surface area contributed by atoms with E-state index < -0.39 is 28.4 Å². The molecule has 0 bridgehead atoms. The van der Waals surface area contributed by atoms with Crippen LogP contribution < -0.4 is 14.4 Å². The molecule has 1 aliphatic rings. The normalized spacial score (nSPS) is 16.9. The quantitative estimate of drug-likeness (QED) is 0.179. The molecule has 1 atom stereocenters. The number of nitro benzene ring substituents is 1. The fourth-order valence-electron chi connectivity index (χ4n) is 3.92. The molecule has 3 aromatic rings. The van der Waals surface area contributed by atoms with E-state index in [1.54, 1.807) is 24.3 Å². The molecule has 1 unspecified atom stereocenters. The van der Waals surface area contributed by atoms with Gasteiger partial charge >= 0.3 is 0 Å². The van der Waals surface area contributed by atoms with Gasteiger partial charge in [-0.15, -0.1) is 0 Å². The number of aliphatic hydroxyl groups excluding tert-OH is 1. The van der Waals surface area contributed by atoms with Crippen molar-refractivity contribution in [3.8, 4) is 17.2 Å². The summed E-state index contributed by atoms with van der Waals surface area (Å²) >= 11 is 0. The van der Waals surface area contributed by atoms with Crippen LogP contribution in [-0.4, -0.2) is 41.0 Å². The summed E-state index contributed by atoms with van der Waals surface area (Å²) in [6.07, 6.45) is 0. The van der Waals surface area contributed by atoms with Gasteiger partial charge in [-0.1, -0.05) is 6.07 Å². The first-order valence-corrected chi connectivity index (χ1v) is 10.3. The molecule has 3 aromatic carbocycles. The van der Waals surface area contributed by atoms with Gasteiger partial charge in [-0.2, -0.15) is 0 Å². The van der Waals surface area contributed by atoms with E-state index in [0.717, 1.165) is 0 Å². The number of nitro groups is 1. The van der Waals surface area contributed by atoms with Gasteiger partial charge in [0, 0.05) is 23.4 Å². The number of carbonyl (C=O) groups is 2. The zero-order valence-electron chi connectivity index (χ0n) is 18.7. The van der Waals surface area contributed by atoms with Crippen LogP contribution in [0.1, 0.15) is 17.2 Å². The summed E-state index contributed by atoms with van der Waals surface area (Å²) < 4.78 is 10.4. The molecule has 2 N–H and O–H groups in total. The Bertz CT molecular complexity index is 1350. The number of hydrogen-bond acceptors (Lipinski definition) is 8. The monoisotopic (exact) mass is 476 g/mol. The fourth-order valence-corrected chi connectivity index (χ4v) is 3.92. The number of ketones is 1. The minimum atomic E-state index is -1.08. The number of rotatable bonds is 6. The second-order valence-corrected chi connectivity index (χ2v) is 7.60. The number of phenolic OH excluding ortho intramolecular Hbond substituents is 1. The van der Waals surface area contributed by atoms with Crippen molar-refractivity contribution in [3.63, 3.8) is 0 Å². The van der Waals surface area contributed by atoms with Crippen molar-refractivity contribution >= 4 is 28.8 Å². The second kappa shape index (κ2) is 9.18. The van der Waals surface area contributed by atoms with Gasteiger partial charge in [0.25, 0.3) is 17.4 Å². The average molecular weight is 476 g/mol. The third kappa shape index (κ3) is 4.12. The minimum absolute atomic E-state index is 0.109. The zero-order valence-corrected chi connectivity index (χ0v) is 18.7. The molecule has 1 fully saturated rings. The van der Waals surface area contributed by atoms with Gasteiger partial charge in [-0.05, 0) is 54.1 Å². The summed E-state index contributed by atoms with van der Waals surface area (Å²) in [5.41, 5.74) is 0.470. The summed E-state index contributed by atoms with van der Waals surface area (Å²) in [4.78, 5) is 38.0. The number of hydrogen-bond donors (Lipinski definition) is 2. The Hall–Kier alpha value is -4.86. The van der Waals surface area contributed by atoms with Gasteiger partial charge in [0.15, 0.2) is 11.5 Å². The molecule has 1 amide bonds. The van der Waals surface area contributed by atoms with Crippen LogP contribution in [0.4, 0.5) is 11.4 Å². The molecule has 0 aliphatic carbocycles. The lowest BCUT2D eigenvalue weighted by molar-refractivity contribution is -0.384. The van der Waals surface area contributed by atoms with Crippen molar-refractivity contribution in [1.29, 1.82) is 0 Å². The lowest BCUT2D eigenvalue weighted by Gasteiger charge is -2.26. The van der Waals surface area contributed by atoms with Gasteiger partial charge in [0.05, 0.1) is 30.8 Å². The molecule has 0 radical (unpaired) electrons. The van der Waals surface area contributed by atoms with Crippen molar-refractivity contribution in [2.24, 2.45) is 0 Å². The molecule has 4 rings (SSSR count). The summed E-state index contributed by atoms with van der Waals surface area (Å²) in [6.45, 7) is 0. The van der Waals surface area contributed by atoms with Crippen LogP contribution in [0.5, 0.6) is 17.2 Å². The number of amides is 1. The number of nitrogens with zero attached hydrogens (tertiary/aromatic N) is 2. The van der Waals surface area contributed by atoms with Crippen LogP contribution in [0.15, 0.2) is 72.3 Å². The predicted molar refractivity (Wildman–Crippen MR) is 126 cm³/mol. The van der Waals surface area contributed by atoms with Crippen molar-refractivity contribution in [3.05, 3.63) is 93.5 Å². The van der Waals surface area contributed by atoms with E-state index in [9.17, 15) is 29.9 Å². The summed E-state index contributed by atoms with van der Waals surface area (Å²) in [5, 5.41) is 32.1.